The van der Waals surface area contributed by atoms with Crippen LogP contribution in [0.5, 0.6) is 0 Å². The quantitative estimate of drug-likeness (QED) is 0.695. The first-order valence-corrected chi connectivity index (χ1v) is 12.2. The van der Waals surface area contributed by atoms with Gasteiger partial charge in [0.25, 0.3) is 0 Å². The maximum absolute atomic E-state index is 12.7. The molecule has 1 aliphatic carbocycles. The molecule has 3 fully saturated rings. The Labute approximate surface area is 207 Å². The molecule has 1 saturated carbocycles. The van der Waals surface area contributed by atoms with Gasteiger partial charge in [0, 0.05) is 31.1 Å². The second-order valence-corrected chi connectivity index (χ2v) is 10.3. The topological polar surface area (TPSA) is 101 Å². The first-order valence-electron chi connectivity index (χ1n) is 11.9. The number of piperidine rings is 1. The van der Waals surface area contributed by atoms with Crippen LogP contribution in [-0.4, -0.2) is 60.2 Å². The van der Waals surface area contributed by atoms with Crippen molar-refractivity contribution in [3.8, 4) is 11.8 Å². The summed E-state index contributed by atoms with van der Waals surface area (Å²) in [7, 11) is 0. The molecule has 1 amide bonds. The number of benzene rings is 1. The van der Waals surface area contributed by atoms with Crippen LogP contribution in [0, 0.1) is 23.2 Å². The molecule has 1 N–H and O–H groups in total. The van der Waals surface area contributed by atoms with Crippen molar-refractivity contribution in [2.45, 2.75) is 31.5 Å². The van der Waals surface area contributed by atoms with Crippen LogP contribution in [0.3, 0.4) is 0 Å². The normalized spacial score (nSPS) is 26.0. The minimum absolute atomic E-state index is 0.0498. The molecule has 2 atom stereocenters. The van der Waals surface area contributed by atoms with Crippen molar-refractivity contribution in [3.63, 3.8) is 0 Å². The SMILES string of the molecule is CC1(OC(=O)N2CC3COCC(C2)C3OC2=c3ccn(-c4ccc(C#N)cc4Cl)c3=NCN2)CC1. The fraction of sp³-hybridized carbons (Fsp3) is 0.480. The van der Waals surface area contributed by atoms with E-state index in [0.29, 0.717) is 49.4 Å². The van der Waals surface area contributed by atoms with Crippen molar-refractivity contribution >= 4 is 23.6 Å². The van der Waals surface area contributed by atoms with Crippen LogP contribution in [0.15, 0.2) is 35.5 Å². The Hall–Kier alpha value is -3.22. The second kappa shape index (κ2) is 8.47. The van der Waals surface area contributed by atoms with Crippen LogP contribution in [-0.2, 0) is 14.2 Å². The van der Waals surface area contributed by atoms with E-state index in [0.717, 1.165) is 29.2 Å². The van der Waals surface area contributed by atoms with Crippen molar-refractivity contribution in [3.05, 3.63) is 51.8 Å². The Morgan fingerprint density at radius 2 is 2.06 bits per heavy atom. The van der Waals surface area contributed by atoms with Gasteiger partial charge in [-0.1, -0.05) is 11.6 Å². The molecule has 1 aromatic carbocycles. The van der Waals surface area contributed by atoms with Crippen molar-refractivity contribution < 1.29 is 19.0 Å². The molecule has 4 heterocycles. The number of hydrogen-bond donors (Lipinski definition) is 1. The van der Waals surface area contributed by atoms with Gasteiger partial charge in [-0.3, -0.25) is 4.57 Å². The first-order chi connectivity index (χ1) is 16.9. The third-order valence-corrected chi connectivity index (χ3v) is 7.51. The summed E-state index contributed by atoms with van der Waals surface area (Å²) in [4.78, 5) is 19.2. The minimum Gasteiger partial charge on any atom is -0.474 e. The van der Waals surface area contributed by atoms with Crippen molar-refractivity contribution in [2.75, 3.05) is 33.0 Å². The number of likely N-dealkylation sites (tertiary alicyclic amines) is 1. The third-order valence-electron chi connectivity index (χ3n) is 7.21. The predicted molar refractivity (Wildman–Crippen MR) is 126 cm³/mol. The lowest BCUT2D eigenvalue weighted by atomic mass is 9.84. The van der Waals surface area contributed by atoms with Crippen LogP contribution in [0.1, 0.15) is 25.3 Å². The van der Waals surface area contributed by atoms with E-state index in [-0.39, 0.29) is 29.6 Å². The average Bonchev–Trinajstić information content (AvgIpc) is 3.40. The largest absolute Gasteiger partial charge is 0.474 e. The van der Waals surface area contributed by atoms with Gasteiger partial charge in [-0.25, -0.2) is 9.79 Å². The first kappa shape index (κ1) is 22.3. The molecule has 10 heteroatoms. The van der Waals surface area contributed by atoms with Crippen LogP contribution in [0.25, 0.3) is 11.6 Å². The van der Waals surface area contributed by atoms with E-state index >= 15 is 0 Å². The number of fused-ring (bicyclic) bond motifs is 3. The number of carbonyl (C=O) groups excluding carboxylic acids is 1. The third kappa shape index (κ3) is 4.11. The maximum Gasteiger partial charge on any atom is 0.410 e. The van der Waals surface area contributed by atoms with Gasteiger partial charge in [0.1, 0.15) is 23.9 Å². The van der Waals surface area contributed by atoms with Crippen molar-refractivity contribution in [1.82, 2.24) is 14.8 Å². The highest BCUT2D eigenvalue weighted by molar-refractivity contribution is 6.32. The molecular weight excluding hydrogens is 470 g/mol. The van der Waals surface area contributed by atoms with Gasteiger partial charge in [0.05, 0.1) is 40.8 Å². The summed E-state index contributed by atoms with van der Waals surface area (Å²) < 4.78 is 20.0. The minimum atomic E-state index is -0.289. The molecule has 6 rings (SSSR count). The van der Waals surface area contributed by atoms with Gasteiger partial charge in [-0.2, -0.15) is 5.26 Å². The molecule has 2 aromatic rings. The van der Waals surface area contributed by atoms with Gasteiger partial charge >= 0.3 is 6.09 Å². The zero-order chi connectivity index (χ0) is 24.2. The van der Waals surface area contributed by atoms with E-state index in [2.05, 4.69) is 16.4 Å². The average molecular weight is 496 g/mol. The zero-order valence-corrected chi connectivity index (χ0v) is 20.1. The summed E-state index contributed by atoms with van der Waals surface area (Å²) in [5.41, 5.74) is 1.70. The van der Waals surface area contributed by atoms with Gasteiger partial charge in [-0.15, -0.1) is 0 Å². The molecule has 9 nitrogen and oxygen atoms in total. The Morgan fingerprint density at radius 3 is 2.74 bits per heavy atom. The molecule has 35 heavy (non-hydrogen) atoms. The number of hydrogen-bond acceptors (Lipinski definition) is 7. The lowest BCUT2D eigenvalue weighted by molar-refractivity contribution is -0.121. The summed E-state index contributed by atoms with van der Waals surface area (Å²) in [6, 6.07) is 9.25. The van der Waals surface area contributed by atoms with E-state index in [9.17, 15) is 4.79 Å². The van der Waals surface area contributed by atoms with E-state index in [1.807, 2.05) is 34.7 Å². The fourth-order valence-electron chi connectivity index (χ4n) is 5.05. The maximum atomic E-state index is 12.7. The summed E-state index contributed by atoms with van der Waals surface area (Å²) in [5.74, 6) is 0.768. The van der Waals surface area contributed by atoms with Gasteiger partial charge < -0.3 is 24.4 Å². The van der Waals surface area contributed by atoms with Gasteiger partial charge in [0.2, 0.25) is 0 Å². The number of nitrogens with one attached hydrogen (secondary N) is 1. The van der Waals surface area contributed by atoms with E-state index in [4.69, 9.17) is 31.1 Å². The standard InChI is InChI=1S/C25H26ClN5O4/c1-25(5-6-25)35-24(32)30-10-16-12-33-13-17(11-30)21(16)34-23-18-4-7-31(22(18)28-14-29-23)20-3-2-15(9-27)8-19(20)26/h2-4,7-8,16-17,21,29H,5-6,10-14H2,1H3. The zero-order valence-electron chi connectivity index (χ0n) is 19.4. The number of carbonyl (C=O) groups is 1. The van der Waals surface area contributed by atoms with Crippen LogP contribution >= 0.6 is 11.6 Å². The Bertz CT molecular complexity index is 1330. The smallest absolute Gasteiger partial charge is 0.410 e. The lowest BCUT2D eigenvalue weighted by Gasteiger charge is -2.46. The number of aromatic nitrogens is 1. The van der Waals surface area contributed by atoms with E-state index < -0.39 is 0 Å². The predicted octanol–water partition coefficient (Wildman–Crippen LogP) is 1.90. The van der Waals surface area contributed by atoms with Crippen LogP contribution < -0.4 is 16.0 Å². The van der Waals surface area contributed by atoms with E-state index in [1.54, 1.807) is 12.1 Å². The number of ether oxygens (including phenoxy) is 3. The molecule has 4 aliphatic rings. The molecule has 3 aliphatic heterocycles. The van der Waals surface area contributed by atoms with Crippen LogP contribution in [0.2, 0.25) is 5.02 Å². The van der Waals surface area contributed by atoms with Gasteiger partial charge in [0.15, 0.2) is 5.88 Å². The molecule has 0 spiro atoms. The molecule has 0 radical (unpaired) electrons. The summed E-state index contributed by atoms with van der Waals surface area (Å²) >= 11 is 6.46. The summed E-state index contributed by atoms with van der Waals surface area (Å²) in [6.45, 7) is 4.51. The Balaban J connectivity index is 1.26. The Kier molecular flexibility index (Phi) is 5.38. The molecule has 2 unspecified atom stereocenters. The van der Waals surface area contributed by atoms with Crippen LogP contribution in [0.4, 0.5) is 4.79 Å². The monoisotopic (exact) mass is 495 g/mol. The second-order valence-electron chi connectivity index (χ2n) is 9.89. The lowest BCUT2D eigenvalue weighted by Crippen LogP contribution is -2.58. The highest BCUT2D eigenvalue weighted by Gasteiger charge is 2.47. The van der Waals surface area contributed by atoms with Crippen molar-refractivity contribution in [2.24, 2.45) is 16.8 Å². The van der Waals surface area contributed by atoms with E-state index in [1.165, 1.54) is 0 Å². The number of nitriles is 1. The highest BCUT2D eigenvalue weighted by Crippen LogP contribution is 2.40. The number of nitrogens with zero attached hydrogens (tertiary/aromatic N) is 4. The molecule has 2 saturated heterocycles. The number of halogens is 1. The Morgan fingerprint density at radius 1 is 1.29 bits per heavy atom. The van der Waals surface area contributed by atoms with Crippen molar-refractivity contribution in [1.29, 1.82) is 5.26 Å². The highest BCUT2D eigenvalue weighted by atomic mass is 35.5. The molecular formula is C25H26ClN5O4. The van der Waals surface area contributed by atoms with Gasteiger partial charge in [-0.05, 0) is 44.0 Å². The summed E-state index contributed by atoms with van der Waals surface area (Å²) in [6.07, 6.45) is 3.44. The fourth-order valence-corrected chi connectivity index (χ4v) is 5.32. The summed E-state index contributed by atoms with van der Waals surface area (Å²) in [5, 5.41) is 13.7. The molecule has 2 bridgehead atoms. The number of rotatable bonds is 4. The molecule has 182 valence electrons. The number of amides is 1. The molecule has 1 aromatic heterocycles.